The lowest BCUT2D eigenvalue weighted by molar-refractivity contribution is -0.113. The molecular weight excluding hydrogens is 346 g/mol. The third-order valence-corrected chi connectivity index (χ3v) is 4.64. The Morgan fingerprint density at radius 1 is 1.12 bits per heavy atom. The van der Waals surface area contributed by atoms with Crippen LogP contribution in [0.5, 0.6) is 11.5 Å². The van der Waals surface area contributed by atoms with Gasteiger partial charge >= 0.3 is 0 Å². The first-order valence-corrected chi connectivity index (χ1v) is 8.91. The molecule has 0 radical (unpaired) electrons. The first kappa shape index (κ1) is 18.5. The molecule has 0 saturated carbocycles. The Kier molecular flexibility index (Phi) is 6.82. The number of ether oxygens (including phenoxy) is 2. The monoisotopic (exact) mass is 365 g/mol. The summed E-state index contributed by atoms with van der Waals surface area (Å²) in [6.07, 6.45) is 0. The fraction of sp³-hybridized carbons (Fsp3) is 0.278. The van der Waals surface area contributed by atoms with Crippen LogP contribution in [-0.4, -0.2) is 25.9 Å². The average Bonchev–Trinajstić information content (AvgIpc) is 2.55. The number of carbonyl (C=O) groups is 1. The number of hydrogen-bond donors (Lipinski definition) is 1. The Morgan fingerprint density at radius 2 is 1.83 bits per heavy atom. The molecular formula is C18H20ClNO3S. The van der Waals surface area contributed by atoms with Crippen molar-refractivity contribution in [3.63, 3.8) is 0 Å². The van der Waals surface area contributed by atoms with E-state index >= 15 is 0 Å². The van der Waals surface area contributed by atoms with Crippen molar-refractivity contribution >= 4 is 35.0 Å². The molecule has 0 aliphatic rings. The van der Waals surface area contributed by atoms with Crippen molar-refractivity contribution in [2.75, 3.05) is 25.3 Å². The molecule has 128 valence electrons. The van der Waals surface area contributed by atoms with E-state index in [1.165, 1.54) is 17.3 Å². The predicted molar refractivity (Wildman–Crippen MR) is 101 cm³/mol. The minimum Gasteiger partial charge on any atom is -0.496 e. The summed E-state index contributed by atoms with van der Waals surface area (Å²) in [5.41, 5.74) is 2.91. The number of halogens is 1. The van der Waals surface area contributed by atoms with Gasteiger partial charge in [-0.05, 0) is 31.2 Å². The molecule has 6 heteroatoms. The van der Waals surface area contributed by atoms with Gasteiger partial charge in [-0.1, -0.05) is 29.3 Å². The summed E-state index contributed by atoms with van der Waals surface area (Å²) in [7, 11) is 3.20. The SMILES string of the molecule is COc1ccc(NC(=O)CSCc2cc(C)ccc2OC)cc1Cl. The maximum absolute atomic E-state index is 12.1. The number of carbonyl (C=O) groups excluding carboxylic acids is 1. The van der Waals surface area contributed by atoms with Crippen LogP contribution in [0.2, 0.25) is 5.02 Å². The second-order valence-corrected chi connectivity index (χ2v) is 6.60. The molecule has 0 saturated heterocycles. The smallest absolute Gasteiger partial charge is 0.234 e. The Morgan fingerprint density at radius 3 is 2.50 bits per heavy atom. The minimum atomic E-state index is -0.0761. The van der Waals surface area contributed by atoms with Crippen LogP contribution < -0.4 is 14.8 Å². The second-order valence-electron chi connectivity index (χ2n) is 5.21. The van der Waals surface area contributed by atoms with E-state index in [2.05, 4.69) is 11.4 Å². The zero-order valence-corrected chi connectivity index (χ0v) is 15.5. The number of nitrogens with one attached hydrogen (secondary N) is 1. The molecule has 4 nitrogen and oxygen atoms in total. The van der Waals surface area contributed by atoms with E-state index in [-0.39, 0.29) is 5.91 Å². The first-order valence-electron chi connectivity index (χ1n) is 7.38. The molecule has 24 heavy (non-hydrogen) atoms. The van der Waals surface area contributed by atoms with Crippen LogP contribution in [0.15, 0.2) is 36.4 Å². The molecule has 0 fully saturated rings. The molecule has 2 aromatic carbocycles. The Hall–Kier alpha value is -1.85. The van der Waals surface area contributed by atoms with E-state index in [4.69, 9.17) is 21.1 Å². The summed E-state index contributed by atoms with van der Waals surface area (Å²) in [6.45, 7) is 2.04. The van der Waals surface area contributed by atoms with Crippen molar-refractivity contribution in [1.82, 2.24) is 0 Å². The van der Waals surface area contributed by atoms with Crippen LogP contribution in [0, 0.1) is 6.92 Å². The van der Waals surface area contributed by atoms with Crippen molar-refractivity contribution in [2.24, 2.45) is 0 Å². The van der Waals surface area contributed by atoms with Gasteiger partial charge in [-0.15, -0.1) is 11.8 Å². The molecule has 0 unspecified atom stereocenters. The standard InChI is InChI=1S/C18H20ClNO3S/c1-12-4-6-16(22-2)13(8-12)10-24-11-18(21)20-14-5-7-17(23-3)15(19)9-14/h4-9H,10-11H2,1-3H3,(H,20,21). The van der Waals surface area contributed by atoms with Crippen LogP contribution in [0.1, 0.15) is 11.1 Å². The lowest BCUT2D eigenvalue weighted by atomic mass is 10.1. The van der Waals surface area contributed by atoms with Crippen LogP contribution in [0.25, 0.3) is 0 Å². The zero-order chi connectivity index (χ0) is 17.5. The van der Waals surface area contributed by atoms with Gasteiger partial charge in [0.15, 0.2) is 0 Å². The Bertz CT molecular complexity index is 721. The van der Waals surface area contributed by atoms with Gasteiger partial charge in [-0.2, -0.15) is 0 Å². The van der Waals surface area contributed by atoms with Gasteiger partial charge in [0, 0.05) is 17.0 Å². The summed E-state index contributed by atoms with van der Waals surface area (Å²) >= 11 is 7.58. The summed E-state index contributed by atoms with van der Waals surface area (Å²) < 4.78 is 10.4. The van der Waals surface area contributed by atoms with Crippen LogP contribution in [0.3, 0.4) is 0 Å². The molecule has 0 bridgehead atoms. The van der Waals surface area contributed by atoms with Crippen LogP contribution in [0.4, 0.5) is 5.69 Å². The van der Waals surface area contributed by atoms with E-state index in [1.807, 2.05) is 19.1 Å². The zero-order valence-electron chi connectivity index (χ0n) is 13.9. The normalized spacial score (nSPS) is 10.3. The summed E-state index contributed by atoms with van der Waals surface area (Å²) in [6, 6.07) is 11.2. The average molecular weight is 366 g/mol. The van der Waals surface area contributed by atoms with E-state index < -0.39 is 0 Å². The van der Waals surface area contributed by atoms with Crippen molar-refractivity contribution in [3.8, 4) is 11.5 Å². The number of methoxy groups -OCH3 is 2. The summed E-state index contributed by atoms with van der Waals surface area (Å²) in [5.74, 6) is 2.40. The molecule has 2 rings (SSSR count). The maximum atomic E-state index is 12.1. The van der Waals surface area contributed by atoms with E-state index in [9.17, 15) is 4.79 Å². The fourth-order valence-electron chi connectivity index (χ4n) is 2.22. The number of thioether (sulfide) groups is 1. The largest absolute Gasteiger partial charge is 0.496 e. The third kappa shape index (κ3) is 5.08. The highest BCUT2D eigenvalue weighted by atomic mass is 35.5. The quantitative estimate of drug-likeness (QED) is 0.782. The van der Waals surface area contributed by atoms with Gasteiger partial charge in [-0.25, -0.2) is 0 Å². The number of aryl methyl sites for hydroxylation is 1. The molecule has 0 atom stereocenters. The molecule has 0 spiro atoms. The highest BCUT2D eigenvalue weighted by molar-refractivity contribution is 7.99. The van der Waals surface area contributed by atoms with E-state index in [1.54, 1.807) is 32.4 Å². The van der Waals surface area contributed by atoms with Crippen molar-refractivity contribution in [3.05, 3.63) is 52.5 Å². The predicted octanol–water partition coefficient (Wildman–Crippen LogP) is 4.54. The lowest BCUT2D eigenvalue weighted by Crippen LogP contribution is -2.14. The first-order chi connectivity index (χ1) is 11.5. The van der Waals surface area contributed by atoms with Crippen molar-refractivity contribution in [2.45, 2.75) is 12.7 Å². The van der Waals surface area contributed by atoms with Crippen molar-refractivity contribution in [1.29, 1.82) is 0 Å². The number of hydrogen-bond acceptors (Lipinski definition) is 4. The molecule has 0 aromatic heterocycles. The summed E-state index contributed by atoms with van der Waals surface area (Å²) in [5, 5.41) is 3.29. The molecule has 1 N–H and O–H groups in total. The fourth-order valence-corrected chi connectivity index (χ4v) is 3.28. The molecule has 0 aliphatic heterocycles. The molecule has 0 heterocycles. The van der Waals surface area contributed by atoms with Crippen molar-refractivity contribution < 1.29 is 14.3 Å². The van der Waals surface area contributed by atoms with Gasteiger partial charge in [0.1, 0.15) is 11.5 Å². The maximum Gasteiger partial charge on any atom is 0.234 e. The van der Waals surface area contributed by atoms with Crippen LogP contribution in [-0.2, 0) is 10.5 Å². The summed E-state index contributed by atoms with van der Waals surface area (Å²) in [4.78, 5) is 12.1. The van der Waals surface area contributed by atoms with E-state index in [0.717, 1.165) is 11.3 Å². The van der Waals surface area contributed by atoms with Gasteiger partial charge in [-0.3, -0.25) is 4.79 Å². The Labute approximate surface area is 151 Å². The highest BCUT2D eigenvalue weighted by Gasteiger charge is 2.08. The van der Waals surface area contributed by atoms with E-state index in [0.29, 0.717) is 28.0 Å². The molecule has 1 amide bonds. The molecule has 0 aliphatic carbocycles. The Balaban J connectivity index is 1.88. The molecule has 2 aromatic rings. The topological polar surface area (TPSA) is 47.6 Å². The van der Waals surface area contributed by atoms with Crippen LogP contribution >= 0.6 is 23.4 Å². The van der Waals surface area contributed by atoms with Gasteiger partial charge in [0.2, 0.25) is 5.91 Å². The number of amides is 1. The van der Waals surface area contributed by atoms with Gasteiger partial charge in [0.25, 0.3) is 0 Å². The number of anilines is 1. The third-order valence-electron chi connectivity index (χ3n) is 3.36. The van der Waals surface area contributed by atoms with Gasteiger partial charge in [0.05, 0.1) is 25.0 Å². The number of rotatable bonds is 7. The lowest BCUT2D eigenvalue weighted by Gasteiger charge is -2.10. The minimum absolute atomic E-state index is 0.0761. The highest BCUT2D eigenvalue weighted by Crippen LogP contribution is 2.28. The van der Waals surface area contributed by atoms with Gasteiger partial charge < -0.3 is 14.8 Å². The number of benzene rings is 2. The second kappa shape index (κ2) is 8.85.